The van der Waals surface area contributed by atoms with Gasteiger partial charge in [0.1, 0.15) is 0 Å². The minimum atomic E-state index is -0.145. The third-order valence-electron chi connectivity index (χ3n) is 4.27. The monoisotopic (exact) mass is 405 g/mol. The van der Waals surface area contributed by atoms with Gasteiger partial charge in [-0.05, 0) is 52.3 Å². The van der Waals surface area contributed by atoms with Crippen molar-refractivity contribution in [3.63, 3.8) is 0 Å². The highest BCUT2D eigenvalue weighted by molar-refractivity contribution is 9.10. The Labute approximate surface area is 155 Å². The van der Waals surface area contributed by atoms with Crippen LogP contribution in [0.4, 0.5) is 5.69 Å². The van der Waals surface area contributed by atoms with E-state index in [2.05, 4.69) is 15.9 Å². The number of hydrogen-bond acceptors (Lipinski definition) is 4. The Kier molecular flexibility index (Phi) is 5.13. The lowest BCUT2D eigenvalue weighted by molar-refractivity contribution is 0.0517. The molecule has 1 aliphatic rings. The summed E-state index contributed by atoms with van der Waals surface area (Å²) in [5.74, 6) is 0.164. The zero-order valence-corrected chi connectivity index (χ0v) is 15.8. The lowest BCUT2D eigenvalue weighted by Crippen LogP contribution is -2.50. The van der Waals surface area contributed by atoms with Crippen LogP contribution in [-0.2, 0) is 0 Å². The van der Waals surface area contributed by atoms with Crippen molar-refractivity contribution in [2.45, 2.75) is 0 Å². The highest BCUT2D eigenvalue weighted by Gasteiger charge is 2.26. The van der Waals surface area contributed by atoms with Crippen molar-refractivity contribution in [1.82, 2.24) is 9.80 Å². The van der Waals surface area contributed by atoms with Crippen LogP contribution in [0.2, 0.25) is 0 Å². The molecule has 0 unspecified atom stereocenters. The molecule has 2 amide bonds. The van der Waals surface area contributed by atoms with E-state index in [-0.39, 0.29) is 11.8 Å². The minimum Gasteiger partial charge on any atom is -0.444 e. The van der Waals surface area contributed by atoms with E-state index in [1.165, 1.54) is 0 Å². The van der Waals surface area contributed by atoms with Gasteiger partial charge < -0.3 is 19.1 Å². The molecule has 1 aromatic heterocycles. The Morgan fingerprint density at radius 2 is 1.48 bits per heavy atom. The molecule has 1 fully saturated rings. The SMILES string of the molecule is CN(C)c1ccc(C(=O)N2CCN(C(=O)c3ccc(Br)o3)CC2)cc1. The van der Waals surface area contributed by atoms with Crippen LogP contribution in [0.3, 0.4) is 0 Å². The minimum absolute atomic E-state index is 0.00171. The maximum atomic E-state index is 12.6. The maximum Gasteiger partial charge on any atom is 0.289 e. The summed E-state index contributed by atoms with van der Waals surface area (Å²) in [6, 6.07) is 10.9. The number of halogens is 1. The van der Waals surface area contributed by atoms with Crippen LogP contribution in [0.1, 0.15) is 20.9 Å². The molecule has 1 aliphatic heterocycles. The normalized spacial score (nSPS) is 14.5. The molecule has 0 aliphatic carbocycles. The lowest BCUT2D eigenvalue weighted by Gasteiger charge is -2.34. The summed E-state index contributed by atoms with van der Waals surface area (Å²) in [5, 5.41) is 0. The smallest absolute Gasteiger partial charge is 0.289 e. The first-order valence-corrected chi connectivity index (χ1v) is 8.86. The molecule has 0 radical (unpaired) electrons. The molecular weight excluding hydrogens is 386 g/mol. The van der Waals surface area contributed by atoms with Gasteiger partial charge in [0.2, 0.25) is 0 Å². The first kappa shape index (κ1) is 17.5. The van der Waals surface area contributed by atoms with Crippen molar-refractivity contribution in [2.75, 3.05) is 45.2 Å². The van der Waals surface area contributed by atoms with Gasteiger partial charge in [-0.1, -0.05) is 0 Å². The quantitative estimate of drug-likeness (QED) is 0.787. The summed E-state index contributed by atoms with van der Waals surface area (Å²) in [7, 11) is 3.93. The van der Waals surface area contributed by atoms with Gasteiger partial charge in [-0.15, -0.1) is 0 Å². The molecule has 0 bridgehead atoms. The van der Waals surface area contributed by atoms with Crippen molar-refractivity contribution >= 4 is 33.4 Å². The molecule has 0 spiro atoms. The van der Waals surface area contributed by atoms with E-state index < -0.39 is 0 Å². The average Bonchev–Trinajstić information content (AvgIpc) is 3.07. The summed E-state index contributed by atoms with van der Waals surface area (Å²) < 4.78 is 5.85. The molecule has 2 aromatic rings. The van der Waals surface area contributed by atoms with Crippen molar-refractivity contribution in [2.24, 2.45) is 0 Å². The number of benzene rings is 1. The van der Waals surface area contributed by atoms with Crippen LogP contribution in [0.25, 0.3) is 0 Å². The fourth-order valence-corrected chi connectivity index (χ4v) is 3.09. The van der Waals surface area contributed by atoms with Gasteiger partial charge in [-0.25, -0.2) is 0 Å². The standard InChI is InChI=1S/C18H20BrN3O3/c1-20(2)14-5-3-13(4-6-14)17(23)21-9-11-22(12-10-21)18(24)15-7-8-16(19)25-15/h3-8H,9-12H2,1-2H3. The Balaban J connectivity index is 1.59. The van der Waals surface area contributed by atoms with Gasteiger partial charge in [0.15, 0.2) is 10.4 Å². The van der Waals surface area contributed by atoms with Crippen LogP contribution >= 0.6 is 15.9 Å². The Bertz CT molecular complexity index is 762. The topological polar surface area (TPSA) is 57.0 Å². The number of furan rings is 1. The van der Waals surface area contributed by atoms with E-state index in [1.54, 1.807) is 21.9 Å². The predicted octanol–water partition coefficient (Wildman–Crippen LogP) is 2.71. The molecule has 6 nitrogen and oxygen atoms in total. The number of hydrogen-bond donors (Lipinski definition) is 0. The van der Waals surface area contributed by atoms with Gasteiger partial charge in [-0.2, -0.15) is 0 Å². The molecule has 1 saturated heterocycles. The summed E-state index contributed by atoms with van der Waals surface area (Å²) in [6.07, 6.45) is 0. The van der Waals surface area contributed by atoms with Gasteiger partial charge >= 0.3 is 0 Å². The molecule has 25 heavy (non-hydrogen) atoms. The first-order chi connectivity index (χ1) is 12.0. The molecule has 3 rings (SSSR count). The van der Waals surface area contributed by atoms with Crippen LogP contribution in [-0.4, -0.2) is 61.9 Å². The van der Waals surface area contributed by atoms with E-state index >= 15 is 0 Å². The predicted molar refractivity (Wildman–Crippen MR) is 99.0 cm³/mol. The van der Waals surface area contributed by atoms with E-state index in [0.29, 0.717) is 42.2 Å². The summed E-state index contributed by atoms with van der Waals surface area (Å²) in [6.45, 7) is 2.03. The van der Waals surface area contributed by atoms with Crippen LogP contribution < -0.4 is 4.90 Å². The maximum absolute atomic E-state index is 12.6. The number of nitrogens with zero attached hydrogens (tertiary/aromatic N) is 3. The van der Waals surface area contributed by atoms with Crippen molar-refractivity contribution < 1.29 is 14.0 Å². The van der Waals surface area contributed by atoms with Crippen molar-refractivity contribution in [1.29, 1.82) is 0 Å². The number of amides is 2. The molecule has 132 valence electrons. The molecule has 0 atom stereocenters. The van der Waals surface area contributed by atoms with E-state index in [4.69, 9.17) is 4.42 Å². The summed E-state index contributed by atoms with van der Waals surface area (Å²) in [5.41, 5.74) is 1.72. The van der Waals surface area contributed by atoms with Gasteiger partial charge in [-0.3, -0.25) is 9.59 Å². The molecular formula is C18H20BrN3O3. The molecule has 0 saturated carbocycles. The largest absolute Gasteiger partial charge is 0.444 e. The third-order valence-corrected chi connectivity index (χ3v) is 4.69. The third kappa shape index (κ3) is 3.87. The van der Waals surface area contributed by atoms with Gasteiger partial charge in [0, 0.05) is 51.5 Å². The van der Waals surface area contributed by atoms with E-state index in [1.807, 2.05) is 43.3 Å². The number of carbonyl (C=O) groups is 2. The fraction of sp³-hybridized carbons (Fsp3) is 0.333. The van der Waals surface area contributed by atoms with Gasteiger partial charge in [0.25, 0.3) is 11.8 Å². The van der Waals surface area contributed by atoms with E-state index in [0.717, 1.165) is 5.69 Å². The Hall–Kier alpha value is -2.28. The fourth-order valence-electron chi connectivity index (χ4n) is 2.78. The second kappa shape index (κ2) is 7.31. The number of rotatable bonds is 3. The van der Waals surface area contributed by atoms with Crippen LogP contribution in [0.5, 0.6) is 0 Å². The Morgan fingerprint density at radius 3 is 1.96 bits per heavy atom. The van der Waals surface area contributed by atoms with Crippen molar-refractivity contribution in [3.05, 3.63) is 52.4 Å². The molecule has 1 aromatic carbocycles. The highest BCUT2D eigenvalue weighted by Crippen LogP contribution is 2.18. The van der Waals surface area contributed by atoms with E-state index in [9.17, 15) is 9.59 Å². The van der Waals surface area contributed by atoms with Gasteiger partial charge in [0.05, 0.1) is 0 Å². The zero-order valence-electron chi connectivity index (χ0n) is 14.2. The number of piperazine rings is 1. The molecule has 0 N–H and O–H groups in total. The Morgan fingerprint density at radius 1 is 0.920 bits per heavy atom. The van der Waals surface area contributed by atoms with Crippen molar-refractivity contribution in [3.8, 4) is 0 Å². The number of anilines is 1. The molecule has 7 heteroatoms. The average molecular weight is 406 g/mol. The second-order valence-electron chi connectivity index (χ2n) is 6.13. The molecule has 2 heterocycles. The summed E-state index contributed by atoms with van der Waals surface area (Å²) in [4.78, 5) is 30.5. The van der Waals surface area contributed by atoms with Crippen LogP contribution in [0, 0.1) is 0 Å². The lowest BCUT2D eigenvalue weighted by atomic mass is 10.1. The highest BCUT2D eigenvalue weighted by atomic mass is 79.9. The zero-order chi connectivity index (χ0) is 18.0. The first-order valence-electron chi connectivity index (χ1n) is 8.07. The second-order valence-corrected chi connectivity index (χ2v) is 6.91. The number of carbonyl (C=O) groups excluding carboxylic acids is 2. The summed E-state index contributed by atoms with van der Waals surface area (Å²) >= 11 is 3.20. The van der Waals surface area contributed by atoms with Crippen LogP contribution in [0.15, 0.2) is 45.5 Å².